The highest BCUT2D eigenvalue weighted by Gasteiger charge is 2.37. The summed E-state index contributed by atoms with van der Waals surface area (Å²) in [7, 11) is 0. The van der Waals surface area contributed by atoms with Gasteiger partial charge < -0.3 is 19.3 Å². The van der Waals surface area contributed by atoms with Crippen LogP contribution in [-0.2, 0) is 34.4 Å². The number of carbonyl (C=O) groups is 1. The number of cyclic esters (lactones) is 1. The molecule has 2 aromatic rings. The lowest BCUT2D eigenvalue weighted by molar-refractivity contribution is -0.160. The highest BCUT2D eigenvalue weighted by molar-refractivity contribution is 5.71. The fourth-order valence-electron chi connectivity index (χ4n) is 5.03. The molecule has 2 aromatic carbocycles. The predicted octanol–water partition coefficient (Wildman–Crippen LogP) is 5.28. The molecule has 0 saturated carbocycles. The van der Waals surface area contributed by atoms with Crippen molar-refractivity contribution in [1.82, 2.24) is 0 Å². The number of rotatable bonds is 6. The summed E-state index contributed by atoms with van der Waals surface area (Å²) in [5.41, 5.74) is 4.10. The van der Waals surface area contributed by atoms with Crippen LogP contribution >= 0.6 is 0 Å². The molecule has 2 atom stereocenters. The molecular weight excluding hydrogens is 416 g/mol. The van der Waals surface area contributed by atoms with Gasteiger partial charge in [-0.25, -0.2) is 0 Å². The molecule has 1 saturated heterocycles. The van der Waals surface area contributed by atoms with Gasteiger partial charge in [0.15, 0.2) is 0 Å². The fraction of sp³-hybridized carbons (Fsp3) is 0.536. The van der Waals surface area contributed by atoms with Crippen LogP contribution in [0.25, 0.3) is 0 Å². The topological polar surface area (TPSA) is 65.0 Å². The van der Waals surface area contributed by atoms with Gasteiger partial charge in [-0.05, 0) is 43.7 Å². The van der Waals surface area contributed by atoms with Crippen molar-refractivity contribution in [3.8, 4) is 11.5 Å². The van der Waals surface area contributed by atoms with Crippen LogP contribution in [-0.4, -0.2) is 28.9 Å². The molecular formula is C28H36O5. The molecule has 0 radical (unpaired) electrons. The van der Waals surface area contributed by atoms with E-state index in [-0.39, 0.29) is 29.5 Å². The summed E-state index contributed by atoms with van der Waals surface area (Å²) in [6.07, 6.45) is 1.81. The number of hydrogen-bond acceptors (Lipinski definition) is 5. The van der Waals surface area contributed by atoms with Crippen LogP contribution in [0.15, 0.2) is 36.4 Å². The average Bonchev–Trinajstić information content (AvgIpc) is 3.03. The van der Waals surface area contributed by atoms with Crippen molar-refractivity contribution in [3.05, 3.63) is 58.7 Å². The quantitative estimate of drug-likeness (QED) is 0.605. The second-order valence-corrected chi connectivity index (χ2v) is 11.0. The molecule has 33 heavy (non-hydrogen) atoms. The lowest BCUT2D eigenvalue weighted by Crippen LogP contribution is -2.33. The van der Waals surface area contributed by atoms with E-state index in [1.165, 1.54) is 0 Å². The second kappa shape index (κ2) is 9.02. The van der Waals surface area contributed by atoms with Crippen molar-refractivity contribution >= 4 is 5.97 Å². The first kappa shape index (κ1) is 23.6. The fourth-order valence-corrected chi connectivity index (χ4v) is 5.03. The van der Waals surface area contributed by atoms with Gasteiger partial charge in [-0.15, -0.1) is 0 Å². The van der Waals surface area contributed by atoms with E-state index in [9.17, 15) is 9.90 Å². The number of benzene rings is 2. The van der Waals surface area contributed by atoms with E-state index in [2.05, 4.69) is 52.8 Å². The van der Waals surface area contributed by atoms with E-state index in [0.29, 0.717) is 25.9 Å². The van der Waals surface area contributed by atoms with Crippen LogP contribution in [0.5, 0.6) is 11.5 Å². The van der Waals surface area contributed by atoms with Crippen molar-refractivity contribution in [2.45, 2.75) is 96.6 Å². The number of aliphatic hydroxyl groups is 1. The summed E-state index contributed by atoms with van der Waals surface area (Å²) in [6, 6.07) is 12.3. The summed E-state index contributed by atoms with van der Waals surface area (Å²) in [6.45, 7) is 11.3. The Kier molecular flexibility index (Phi) is 6.45. The maximum absolute atomic E-state index is 11.8. The highest BCUT2D eigenvalue weighted by Crippen LogP contribution is 2.47. The molecule has 2 aliphatic rings. The Hall–Kier alpha value is -2.53. The van der Waals surface area contributed by atoms with Gasteiger partial charge >= 0.3 is 5.97 Å². The average molecular weight is 453 g/mol. The van der Waals surface area contributed by atoms with Crippen LogP contribution in [0.4, 0.5) is 0 Å². The lowest BCUT2D eigenvalue weighted by atomic mass is 9.80. The predicted molar refractivity (Wildman–Crippen MR) is 128 cm³/mol. The summed E-state index contributed by atoms with van der Waals surface area (Å²) in [5.74, 6) is 1.51. The molecule has 1 N–H and O–H groups in total. The molecule has 5 nitrogen and oxygen atoms in total. The first-order valence-electron chi connectivity index (χ1n) is 11.9. The number of ether oxygens (including phenoxy) is 3. The Bertz CT molecular complexity index is 1000. The lowest BCUT2D eigenvalue weighted by Gasteiger charge is -2.30. The van der Waals surface area contributed by atoms with Gasteiger partial charge in [-0.1, -0.05) is 51.1 Å². The van der Waals surface area contributed by atoms with Gasteiger partial charge in [-0.2, -0.15) is 0 Å². The van der Waals surface area contributed by atoms with Crippen LogP contribution < -0.4 is 9.47 Å². The molecule has 0 aromatic heterocycles. The van der Waals surface area contributed by atoms with Crippen molar-refractivity contribution < 1.29 is 24.1 Å². The zero-order chi connectivity index (χ0) is 23.8. The third-order valence-corrected chi connectivity index (χ3v) is 6.35. The molecule has 5 heteroatoms. The minimum atomic E-state index is -0.625. The van der Waals surface area contributed by atoms with Gasteiger partial charge in [0.1, 0.15) is 29.8 Å². The summed E-state index contributed by atoms with van der Waals surface area (Å²) < 4.78 is 18.4. The summed E-state index contributed by atoms with van der Waals surface area (Å²) in [4.78, 5) is 11.8. The molecule has 2 aliphatic heterocycles. The molecule has 2 heterocycles. The van der Waals surface area contributed by atoms with Gasteiger partial charge in [-0.3, -0.25) is 4.79 Å². The monoisotopic (exact) mass is 452 g/mol. The van der Waals surface area contributed by atoms with Gasteiger partial charge in [0.25, 0.3) is 0 Å². The molecule has 0 bridgehead atoms. The summed E-state index contributed by atoms with van der Waals surface area (Å²) >= 11 is 0. The Labute approximate surface area is 197 Å². The molecule has 1 fully saturated rings. The van der Waals surface area contributed by atoms with Crippen molar-refractivity contribution in [1.29, 1.82) is 0 Å². The van der Waals surface area contributed by atoms with E-state index in [0.717, 1.165) is 40.2 Å². The zero-order valence-corrected chi connectivity index (χ0v) is 20.4. The first-order valence-corrected chi connectivity index (χ1v) is 11.9. The maximum Gasteiger partial charge on any atom is 0.308 e. The number of carbonyl (C=O) groups excluding carboxylic acids is 1. The van der Waals surface area contributed by atoms with E-state index in [1.54, 1.807) is 0 Å². The minimum Gasteiger partial charge on any atom is -0.489 e. The Morgan fingerprint density at radius 1 is 1.18 bits per heavy atom. The number of hydrogen-bond donors (Lipinski definition) is 1. The molecule has 4 rings (SSSR count). The molecule has 0 aliphatic carbocycles. The zero-order valence-electron chi connectivity index (χ0n) is 20.4. The first-order chi connectivity index (χ1) is 15.5. The van der Waals surface area contributed by atoms with Crippen molar-refractivity contribution in [3.63, 3.8) is 0 Å². The molecule has 0 spiro atoms. The second-order valence-electron chi connectivity index (χ2n) is 11.0. The highest BCUT2D eigenvalue weighted by atomic mass is 16.5. The van der Waals surface area contributed by atoms with Gasteiger partial charge in [0.05, 0.1) is 12.5 Å². The van der Waals surface area contributed by atoms with E-state index >= 15 is 0 Å². The maximum atomic E-state index is 11.8. The van der Waals surface area contributed by atoms with Crippen molar-refractivity contribution in [2.24, 2.45) is 0 Å². The molecule has 178 valence electrons. The van der Waals surface area contributed by atoms with E-state index < -0.39 is 6.10 Å². The number of esters is 1. The van der Waals surface area contributed by atoms with E-state index in [4.69, 9.17) is 14.2 Å². The van der Waals surface area contributed by atoms with Crippen LogP contribution in [0, 0.1) is 0 Å². The third-order valence-electron chi connectivity index (χ3n) is 6.35. The number of aliphatic hydroxyl groups excluding tert-OH is 1. The smallest absolute Gasteiger partial charge is 0.308 e. The standard InChI is InChI=1S/C28H36O5/c1-27(2,3)25-22(12-11-21-14-20(29)15-24(30)32-21)26-19(16-28(4,5)33-26)13-23(25)31-17-18-9-7-6-8-10-18/h6-10,13,20-21,29H,11-12,14-17H2,1-5H3/t20-,21-/m0/s1. The van der Waals surface area contributed by atoms with Crippen molar-refractivity contribution in [2.75, 3.05) is 0 Å². The SMILES string of the molecule is CC1(C)Cc2cc(OCc3ccccc3)c(C(C)(C)C)c(CC[C@H]3C[C@H](O)CC(=O)O3)c2O1. The Morgan fingerprint density at radius 2 is 1.91 bits per heavy atom. The Balaban J connectivity index is 1.69. The normalized spacial score (nSPS) is 21.8. The summed E-state index contributed by atoms with van der Waals surface area (Å²) in [5, 5.41) is 10.0. The Morgan fingerprint density at radius 3 is 2.58 bits per heavy atom. The van der Waals surface area contributed by atoms with E-state index in [1.807, 2.05) is 18.2 Å². The largest absolute Gasteiger partial charge is 0.489 e. The molecule has 0 amide bonds. The van der Waals surface area contributed by atoms with Crippen LogP contribution in [0.3, 0.4) is 0 Å². The van der Waals surface area contributed by atoms with Gasteiger partial charge in [0.2, 0.25) is 0 Å². The minimum absolute atomic E-state index is 0.0826. The number of fused-ring (bicyclic) bond motifs is 1. The molecule has 0 unspecified atom stereocenters. The third kappa shape index (κ3) is 5.52. The van der Waals surface area contributed by atoms with Crippen LogP contribution in [0.1, 0.15) is 76.1 Å². The van der Waals surface area contributed by atoms with Gasteiger partial charge in [0, 0.05) is 29.5 Å². The van der Waals surface area contributed by atoms with Crippen LogP contribution in [0.2, 0.25) is 0 Å².